The lowest BCUT2D eigenvalue weighted by Gasteiger charge is -2.30. The van der Waals surface area contributed by atoms with Crippen molar-refractivity contribution in [3.05, 3.63) is 29.8 Å². The fourth-order valence-electron chi connectivity index (χ4n) is 1.76. The maximum Gasteiger partial charge on any atom is 0.418 e. The molecule has 17 heavy (non-hydrogen) atoms. The summed E-state index contributed by atoms with van der Waals surface area (Å²) in [5.74, 6) is 0. The van der Waals surface area contributed by atoms with E-state index >= 15 is 0 Å². The van der Waals surface area contributed by atoms with E-state index in [1.807, 2.05) is 13.8 Å². The van der Waals surface area contributed by atoms with E-state index in [4.69, 9.17) is 5.73 Å². The molecule has 0 amide bonds. The lowest BCUT2D eigenvalue weighted by Crippen LogP contribution is -2.36. The first-order chi connectivity index (χ1) is 7.88. The van der Waals surface area contributed by atoms with Gasteiger partial charge in [0.25, 0.3) is 0 Å². The molecule has 0 unspecified atom stereocenters. The second-order valence-electron chi connectivity index (χ2n) is 4.09. The average Bonchev–Trinajstić information content (AvgIpc) is 2.24. The Hall–Kier alpha value is -1.23. The van der Waals surface area contributed by atoms with Crippen LogP contribution in [-0.2, 0) is 6.18 Å². The molecule has 0 spiro atoms. The van der Waals surface area contributed by atoms with E-state index in [1.54, 1.807) is 11.0 Å². The maximum atomic E-state index is 12.9. The molecule has 5 heteroatoms. The zero-order valence-electron chi connectivity index (χ0n) is 9.96. The zero-order valence-corrected chi connectivity index (χ0v) is 9.96. The van der Waals surface area contributed by atoms with E-state index in [2.05, 4.69) is 0 Å². The van der Waals surface area contributed by atoms with Gasteiger partial charge in [0.1, 0.15) is 0 Å². The summed E-state index contributed by atoms with van der Waals surface area (Å²) in [6.07, 6.45) is -4.33. The van der Waals surface area contributed by atoms with E-state index < -0.39 is 11.7 Å². The molecule has 2 nitrogen and oxygen atoms in total. The summed E-state index contributed by atoms with van der Waals surface area (Å²) in [4.78, 5) is 1.67. The first-order valence-corrected chi connectivity index (χ1v) is 5.51. The topological polar surface area (TPSA) is 29.3 Å². The Bertz CT molecular complexity index is 361. The van der Waals surface area contributed by atoms with Gasteiger partial charge in [-0.3, -0.25) is 0 Å². The molecule has 0 saturated heterocycles. The highest BCUT2D eigenvalue weighted by atomic mass is 19.4. The van der Waals surface area contributed by atoms with Crippen molar-refractivity contribution in [1.29, 1.82) is 0 Å². The number of alkyl halides is 3. The molecule has 1 aromatic carbocycles. The second-order valence-corrected chi connectivity index (χ2v) is 4.09. The number of hydrogen-bond donors (Lipinski definition) is 1. The minimum absolute atomic E-state index is 0.0259. The number of nitrogens with two attached hydrogens (primary N) is 1. The molecule has 2 N–H and O–H groups in total. The highest BCUT2D eigenvalue weighted by Crippen LogP contribution is 2.36. The van der Waals surface area contributed by atoms with Gasteiger partial charge in [-0.25, -0.2) is 0 Å². The predicted octanol–water partition coefficient (Wildman–Crippen LogP) is 2.88. The molecule has 1 rings (SSSR count). The fraction of sp³-hybridized carbons (Fsp3) is 0.500. The number of benzene rings is 1. The minimum atomic E-state index is -4.33. The van der Waals surface area contributed by atoms with Crippen molar-refractivity contribution in [2.45, 2.75) is 26.1 Å². The van der Waals surface area contributed by atoms with Gasteiger partial charge in [-0.1, -0.05) is 12.1 Å². The summed E-state index contributed by atoms with van der Waals surface area (Å²) in [5.41, 5.74) is 5.03. The summed E-state index contributed by atoms with van der Waals surface area (Å²) in [5, 5.41) is 0. The van der Waals surface area contributed by atoms with Crippen LogP contribution < -0.4 is 10.6 Å². The van der Waals surface area contributed by atoms with E-state index in [1.165, 1.54) is 12.1 Å². The zero-order chi connectivity index (χ0) is 13.1. The van der Waals surface area contributed by atoms with Crippen molar-refractivity contribution in [2.75, 3.05) is 18.0 Å². The van der Waals surface area contributed by atoms with Gasteiger partial charge in [0.15, 0.2) is 0 Å². The van der Waals surface area contributed by atoms with Crippen LogP contribution in [0.5, 0.6) is 0 Å². The third kappa shape index (κ3) is 3.36. The van der Waals surface area contributed by atoms with Crippen molar-refractivity contribution < 1.29 is 13.2 Å². The first-order valence-electron chi connectivity index (χ1n) is 5.51. The minimum Gasteiger partial charge on any atom is -0.367 e. The van der Waals surface area contributed by atoms with Crippen LogP contribution in [0.25, 0.3) is 0 Å². The van der Waals surface area contributed by atoms with Gasteiger partial charge in [-0.2, -0.15) is 13.2 Å². The van der Waals surface area contributed by atoms with Crippen LogP contribution >= 0.6 is 0 Å². The predicted molar refractivity (Wildman–Crippen MR) is 63.0 cm³/mol. The smallest absolute Gasteiger partial charge is 0.367 e. The molecular weight excluding hydrogens is 229 g/mol. The van der Waals surface area contributed by atoms with Crippen molar-refractivity contribution in [1.82, 2.24) is 0 Å². The summed E-state index contributed by atoms with van der Waals surface area (Å²) in [6, 6.07) is 5.56. The van der Waals surface area contributed by atoms with Crippen LogP contribution in [-0.4, -0.2) is 19.1 Å². The van der Waals surface area contributed by atoms with Crippen LogP contribution in [0.15, 0.2) is 24.3 Å². The lowest BCUT2D eigenvalue weighted by molar-refractivity contribution is -0.137. The quantitative estimate of drug-likeness (QED) is 0.885. The molecule has 96 valence electrons. The highest BCUT2D eigenvalue weighted by Gasteiger charge is 2.34. The number of halogens is 3. The molecule has 0 bridgehead atoms. The molecule has 0 aliphatic rings. The molecule has 0 aromatic heterocycles. The van der Waals surface area contributed by atoms with Gasteiger partial charge in [-0.05, 0) is 26.0 Å². The Morgan fingerprint density at radius 2 is 1.82 bits per heavy atom. The van der Waals surface area contributed by atoms with Crippen molar-refractivity contribution in [3.8, 4) is 0 Å². The lowest BCUT2D eigenvalue weighted by atomic mass is 10.1. The molecule has 0 atom stereocenters. The maximum absolute atomic E-state index is 12.9. The van der Waals surface area contributed by atoms with Gasteiger partial charge < -0.3 is 10.6 Å². The Morgan fingerprint density at radius 3 is 2.29 bits per heavy atom. The standard InChI is InChI=1S/C12H17F3N2/c1-9(2)17(8-7-16)11-6-4-3-5-10(11)12(13,14)15/h3-6,9H,7-8,16H2,1-2H3. The molecule has 0 aliphatic heterocycles. The van der Waals surface area contributed by atoms with Crippen LogP contribution in [0, 0.1) is 0 Å². The van der Waals surface area contributed by atoms with Crippen LogP contribution in [0.3, 0.4) is 0 Å². The Labute approximate surface area is 99.2 Å². The monoisotopic (exact) mass is 246 g/mol. The average molecular weight is 246 g/mol. The van der Waals surface area contributed by atoms with E-state index in [0.717, 1.165) is 6.07 Å². The van der Waals surface area contributed by atoms with Crippen LogP contribution in [0.1, 0.15) is 19.4 Å². The van der Waals surface area contributed by atoms with E-state index in [9.17, 15) is 13.2 Å². The Kier molecular flexibility index (Phi) is 4.40. The molecular formula is C12H17F3N2. The Morgan fingerprint density at radius 1 is 1.24 bits per heavy atom. The van der Waals surface area contributed by atoms with Crippen LogP contribution in [0.2, 0.25) is 0 Å². The van der Waals surface area contributed by atoms with E-state index in [-0.39, 0.29) is 11.7 Å². The van der Waals surface area contributed by atoms with Gasteiger partial charge in [0.2, 0.25) is 0 Å². The van der Waals surface area contributed by atoms with E-state index in [0.29, 0.717) is 13.1 Å². The third-order valence-electron chi connectivity index (χ3n) is 2.51. The summed E-state index contributed by atoms with van der Waals surface area (Å²) < 4.78 is 38.6. The largest absolute Gasteiger partial charge is 0.418 e. The van der Waals surface area contributed by atoms with Gasteiger partial charge in [0.05, 0.1) is 5.56 Å². The van der Waals surface area contributed by atoms with Gasteiger partial charge in [0, 0.05) is 24.8 Å². The number of nitrogens with zero attached hydrogens (tertiary/aromatic N) is 1. The number of anilines is 1. The Balaban J connectivity index is 3.19. The second kappa shape index (κ2) is 5.40. The van der Waals surface area contributed by atoms with Gasteiger partial charge in [-0.15, -0.1) is 0 Å². The molecule has 0 fully saturated rings. The summed E-state index contributed by atoms with van der Waals surface area (Å²) in [7, 11) is 0. The fourth-order valence-corrected chi connectivity index (χ4v) is 1.76. The van der Waals surface area contributed by atoms with Crippen molar-refractivity contribution in [3.63, 3.8) is 0 Å². The molecule has 1 aromatic rings. The first kappa shape index (κ1) is 13.8. The van der Waals surface area contributed by atoms with Crippen molar-refractivity contribution >= 4 is 5.69 Å². The number of para-hydroxylation sites is 1. The van der Waals surface area contributed by atoms with Crippen molar-refractivity contribution in [2.24, 2.45) is 5.73 Å². The molecule has 0 saturated carbocycles. The van der Waals surface area contributed by atoms with Gasteiger partial charge >= 0.3 is 6.18 Å². The normalized spacial score (nSPS) is 11.9. The number of hydrogen-bond acceptors (Lipinski definition) is 2. The SMILES string of the molecule is CC(C)N(CCN)c1ccccc1C(F)(F)F. The molecule has 0 aliphatic carbocycles. The highest BCUT2D eigenvalue weighted by molar-refractivity contribution is 5.55. The molecule has 0 heterocycles. The summed E-state index contributed by atoms with van der Waals surface area (Å²) in [6.45, 7) is 4.43. The van der Waals surface area contributed by atoms with Crippen LogP contribution in [0.4, 0.5) is 18.9 Å². The third-order valence-corrected chi connectivity index (χ3v) is 2.51. The number of rotatable bonds is 4. The summed E-state index contributed by atoms with van der Waals surface area (Å²) >= 11 is 0. The molecule has 0 radical (unpaired) electrons.